The van der Waals surface area contributed by atoms with Crippen LogP contribution in [-0.4, -0.2) is 77.9 Å². The van der Waals surface area contributed by atoms with E-state index in [1.807, 2.05) is 26.8 Å². The van der Waals surface area contributed by atoms with E-state index in [1.54, 1.807) is 0 Å². The average Bonchev–Trinajstić information content (AvgIpc) is 2.62. The lowest BCUT2D eigenvalue weighted by Crippen LogP contribution is -2.58. The number of piperazine rings is 1. The second-order valence-corrected chi connectivity index (χ2v) is 8.60. The Bertz CT molecular complexity index is 612. The first kappa shape index (κ1) is 20.1. The zero-order valence-corrected chi connectivity index (χ0v) is 16.7. The van der Waals surface area contributed by atoms with Crippen LogP contribution in [-0.2, 0) is 11.3 Å². The van der Waals surface area contributed by atoms with Crippen LogP contribution in [0.2, 0.25) is 0 Å². The lowest BCUT2D eigenvalue weighted by Gasteiger charge is -2.44. The van der Waals surface area contributed by atoms with Crippen molar-refractivity contribution in [3.8, 4) is 0 Å². The Balaban J connectivity index is 1.46. The number of alkyl halides is 1. The number of benzene rings is 1. The van der Waals surface area contributed by atoms with Crippen LogP contribution in [0.5, 0.6) is 0 Å². The fourth-order valence-electron chi connectivity index (χ4n) is 3.89. The van der Waals surface area contributed by atoms with Gasteiger partial charge in [0.05, 0.1) is 6.54 Å². The van der Waals surface area contributed by atoms with Gasteiger partial charge in [-0.25, -0.2) is 9.18 Å². The molecule has 1 aromatic rings. The molecule has 3 rings (SSSR count). The van der Waals surface area contributed by atoms with Crippen molar-refractivity contribution >= 4 is 6.09 Å². The smallest absolute Gasteiger partial charge is 0.410 e. The maximum atomic E-state index is 14.8. The summed E-state index contributed by atoms with van der Waals surface area (Å²) in [6.45, 7) is 10.8. The average molecular weight is 378 g/mol. The van der Waals surface area contributed by atoms with Crippen LogP contribution < -0.4 is 0 Å². The third-order valence-electron chi connectivity index (χ3n) is 5.28. The molecule has 1 amide bonds. The minimum Gasteiger partial charge on any atom is -0.444 e. The van der Waals surface area contributed by atoms with Crippen molar-refractivity contribution in [3.05, 3.63) is 35.9 Å². The van der Waals surface area contributed by atoms with Gasteiger partial charge in [0.2, 0.25) is 0 Å². The van der Waals surface area contributed by atoms with Crippen LogP contribution in [0.15, 0.2) is 30.3 Å². The molecule has 6 heteroatoms. The van der Waals surface area contributed by atoms with Crippen molar-refractivity contribution in [3.63, 3.8) is 0 Å². The first-order valence-corrected chi connectivity index (χ1v) is 9.94. The van der Waals surface area contributed by atoms with Crippen molar-refractivity contribution in [2.24, 2.45) is 0 Å². The highest BCUT2D eigenvalue weighted by atomic mass is 19.1. The summed E-state index contributed by atoms with van der Waals surface area (Å²) in [7, 11) is 0. The van der Waals surface area contributed by atoms with Gasteiger partial charge in [-0.3, -0.25) is 9.80 Å². The molecule has 2 saturated heterocycles. The molecule has 0 aromatic heterocycles. The number of ether oxygens (including phenoxy) is 1. The molecule has 2 fully saturated rings. The first-order chi connectivity index (χ1) is 12.8. The molecule has 5 nitrogen and oxygen atoms in total. The molecule has 0 N–H and O–H groups in total. The molecule has 150 valence electrons. The molecular weight excluding hydrogens is 345 g/mol. The number of rotatable bonds is 3. The highest BCUT2D eigenvalue weighted by Gasteiger charge is 2.37. The van der Waals surface area contributed by atoms with Crippen LogP contribution in [0, 0.1) is 0 Å². The molecular formula is C21H32FN3O2. The number of halogens is 1. The Morgan fingerprint density at radius 3 is 2.37 bits per heavy atom. The lowest BCUT2D eigenvalue weighted by atomic mass is 10.0. The van der Waals surface area contributed by atoms with Crippen LogP contribution in [0.1, 0.15) is 32.8 Å². The van der Waals surface area contributed by atoms with Crippen LogP contribution >= 0.6 is 0 Å². The predicted molar refractivity (Wildman–Crippen MR) is 104 cm³/mol. The van der Waals surface area contributed by atoms with Gasteiger partial charge in [0.15, 0.2) is 0 Å². The summed E-state index contributed by atoms with van der Waals surface area (Å²) in [6, 6.07) is 10.4. The second kappa shape index (κ2) is 8.57. The maximum absolute atomic E-state index is 14.8. The number of likely N-dealkylation sites (tertiary alicyclic amines) is 1. The molecule has 1 aromatic carbocycles. The minimum atomic E-state index is -1.02. The van der Waals surface area contributed by atoms with Crippen molar-refractivity contribution in [1.29, 1.82) is 0 Å². The van der Waals surface area contributed by atoms with Gasteiger partial charge in [-0.1, -0.05) is 30.3 Å². The third-order valence-corrected chi connectivity index (χ3v) is 5.28. The Hall–Kier alpha value is -1.66. The van der Waals surface area contributed by atoms with E-state index < -0.39 is 17.9 Å². The zero-order chi connectivity index (χ0) is 19.4. The number of nitrogens with zero attached hydrogens (tertiary/aromatic N) is 3. The van der Waals surface area contributed by atoms with Gasteiger partial charge >= 0.3 is 6.09 Å². The summed E-state index contributed by atoms with van der Waals surface area (Å²) in [4.78, 5) is 18.4. The Labute approximate surface area is 162 Å². The van der Waals surface area contributed by atoms with E-state index in [0.29, 0.717) is 13.0 Å². The molecule has 2 atom stereocenters. The Morgan fingerprint density at radius 1 is 1.11 bits per heavy atom. The standard InChI is InChI=1S/C21H32FN3O2/c1-21(2,3)27-20(26)25-10-9-19(18(22)16-25)24-13-11-23(12-14-24)15-17-7-5-4-6-8-17/h4-8,18-19H,9-16H2,1-3H3/t18-,19-/m0/s1. The molecule has 0 bridgehead atoms. The highest BCUT2D eigenvalue weighted by Crippen LogP contribution is 2.23. The molecule has 0 spiro atoms. The fraction of sp³-hybridized carbons (Fsp3) is 0.667. The van der Waals surface area contributed by atoms with E-state index in [1.165, 1.54) is 10.5 Å². The number of piperidine rings is 1. The SMILES string of the molecule is CC(C)(C)OC(=O)N1CC[C@H](N2CCN(Cc3ccccc3)CC2)[C@@H](F)C1. The fourth-order valence-corrected chi connectivity index (χ4v) is 3.89. The van der Waals surface area contributed by atoms with Gasteiger partial charge in [-0.2, -0.15) is 0 Å². The summed E-state index contributed by atoms with van der Waals surface area (Å²) < 4.78 is 20.2. The van der Waals surface area contributed by atoms with Crippen molar-refractivity contribution < 1.29 is 13.9 Å². The van der Waals surface area contributed by atoms with Crippen LogP contribution in [0.3, 0.4) is 0 Å². The van der Waals surface area contributed by atoms with Gasteiger partial charge < -0.3 is 9.64 Å². The Morgan fingerprint density at radius 2 is 1.78 bits per heavy atom. The number of amides is 1. The van der Waals surface area contributed by atoms with E-state index in [9.17, 15) is 9.18 Å². The molecule has 2 heterocycles. The lowest BCUT2D eigenvalue weighted by molar-refractivity contribution is -0.0147. The molecule has 27 heavy (non-hydrogen) atoms. The predicted octanol–water partition coefficient (Wildman–Crippen LogP) is 3.15. The Kier molecular flexibility index (Phi) is 6.37. The molecule has 0 aliphatic carbocycles. The van der Waals surface area contributed by atoms with Crippen LogP contribution in [0.25, 0.3) is 0 Å². The summed E-state index contributed by atoms with van der Waals surface area (Å²) in [6.07, 6.45) is -0.762. The number of hydrogen-bond acceptors (Lipinski definition) is 4. The molecule has 0 unspecified atom stereocenters. The van der Waals surface area contributed by atoms with E-state index in [4.69, 9.17) is 4.74 Å². The van der Waals surface area contributed by atoms with E-state index in [0.717, 1.165) is 32.7 Å². The summed E-state index contributed by atoms with van der Waals surface area (Å²) in [5, 5.41) is 0. The second-order valence-electron chi connectivity index (χ2n) is 8.60. The summed E-state index contributed by atoms with van der Waals surface area (Å²) in [5.74, 6) is 0. The van der Waals surface area contributed by atoms with Gasteiger partial charge in [-0.15, -0.1) is 0 Å². The molecule has 0 radical (unpaired) electrons. The third kappa shape index (κ3) is 5.66. The maximum Gasteiger partial charge on any atom is 0.410 e. The van der Waals surface area contributed by atoms with Gasteiger partial charge in [0.25, 0.3) is 0 Å². The highest BCUT2D eigenvalue weighted by molar-refractivity contribution is 5.68. The van der Waals surface area contributed by atoms with Gasteiger partial charge in [0.1, 0.15) is 11.8 Å². The zero-order valence-electron chi connectivity index (χ0n) is 16.7. The number of hydrogen-bond donors (Lipinski definition) is 0. The summed E-state index contributed by atoms with van der Waals surface area (Å²) in [5.41, 5.74) is 0.773. The number of carbonyl (C=O) groups is 1. The van der Waals surface area contributed by atoms with E-state index in [-0.39, 0.29) is 12.6 Å². The van der Waals surface area contributed by atoms with Crippen LogP contribution in [0.4, 0.5) is 9.18 Å². The van der Waals surface area contributed by atoms with Gasteiger partial charge in [-0.05, 0) is 32.8 Å². The van der Waals surface area contributed by atoms with Crippen molar-refractivity contribution in [1.82, 2.24) is 14.7 Å². The van der Waals surface area contributed by atoms with Crippen molar-refractivity contribution in [2.45, 2.75) is 51.6 Å². The monoisotopic (exact) mass is 377 g/mol. The first-order valence-electron chi connectivity index (χ1n) is 9.94. The number of carbonyl (C=O) groups excluding carboxylic acids is 1. The molecule has 0 saturated carbocycles. The van der Waals surface area contributed by atoms with Crippen molar-refractivity contribution in [2.75, 3.05) is 39.3 Å². The molecule has 2 aliphatic heterocycles. The molecule has 2 aliphatic rings. The minimum absolute atomic E-state index is 0.0948. The summed E-state index contributed by atoms with van der Waals surface area (Å²) >= 11 is 0. The quantitative estimate of drug-likeness (QED) is 0.811. The van der Waals surface area contributed by atoms with Gasteiger partial charge in [0, 0.05) is 45.3 Å². The largest absolute Gasteiger partial charge is 0.444 e. The normalized spacial score (nSPS) is 25.4. The van der Waals surface area contributed by atoms with E-state index >= 15 is 0 Å². The topological polar surface area (TPSA) is 36.0 Å². The van der Waals surface area contributed by atoms with E-state index in [2.05, 4.69) is 34.1 Å².